The molecule has 0 spiro atoms. The van der Waals surface area contributed by atoms with Crippen LogP contribution in [0.25, 0.3) is 11.3 Å². The molecular weight excluding hydrogens is 389 g/mol. The average molecular weight is 414 g/mol. The SMILES string of the molecule is CC(=O)NC12C[C@H]3C[C@@H](C1)CC(C(=O)Nc1nc(-c4ccc(F)cc4)cs1)(C3)C2. The molecule has 2 unspecified atom stereocenters. The van der Waals surface area contributed by atoms with Gasteiger partial charge in [0.25, 0.3) is 0 Å². The Kier molecular flexibility index (Phi) is 4.28. The van der Waals surface area contributed by atoms with Gasteiger partial charge in [0.05, 0.1) is 11.1 Å². The fourth-order valence-electron chi connectivity index (χ4n) is 6.36. The number of aromatic nitrogens is 1. The Hall–Kier alpha value is -2.28. The molecule has 4 fully saturated rings. The van der Waals surface area contributed by atoms with Crippen molar-refractivity contribution in [2.75, 3.05) is 5.32 Å². The summed E-state index contributed by atoms with van der Waals surface area (Å²) in [6, 6.07) is 6.19. The van der Waals surface area contributed by atoms with Crippen molar-refractivity contribution in [3.63, 3.8) is 0 Å². The van der Waals surface area contributed by atoms with Crippen LogP contribution >= 0.6 is 11.3 Å². The lowest BCUT2D eigenvalue weighted by atomic mass is 9.46. The fraction of sp³-hybridized carbons (Fsp3) is 0.500. The predicted octanol–water partition coefficient (Wildman–Crippen LogP) is 4.36. The Morgan fingerprint density at radius 2 is 1.83 bits per heavy atom. The number of thiazole rings is 1. The van der Waals surface area contributed by atoms with Crippen LogP contribution in [-0.4, -0.2) is 22.3 Å². The molecule has 0 saturated heterocycles. The van der Waals surface area contributed by atoms with Gasteiger partial charge in [0, 0.05) is 23.4 Å². The number of nitrogens with zero attached hydrogens (tertiary/aromatic N) is 1. The minimum Gasteiger partial charge on any atom is -0.351 e. The van der Waals surface area contributed by atoms with Crippen LogP contribution in [0.4, 0.5) is 9.52 Å². The maximum absolute atomic E-state index is 13.4. The molecule has 7 heteroatoms. The first-order valence-corrected chi connectivity index (χ1v) is 11.0. The van der Waals surface area contributed by atoms with Gasteiger partial charge in [0.1, 0.15) is 5.82 Å². The van der Waals surface area contributed by atoms with Crippen molar-refractivity contribution >= 4 is 28.3 Å². The van der Waals surface area contributed by atoms with E-state index in [0.29, 0.717) is 23.4 Å². The Bertz CT molecular complexity index is 957. The number of halogens is 1. The van der Waals surface area contributed by atoms with E-state index in [1.54, 1.807) is 19.1 Å². The largest absolute Gasteiger partial charge is 0.351 e. The maximum Gasteiger partial charge on any atom is 0.232 e. The summed E-state index contributed by atoms with van der Waals surface area (Å²) in [4.78, 5) is 29.7. The van der Waals surface area contributed by atoms with E-state index in [1.165, 1.54) is 29.9 Å². The number of anilines is 1. The summed E-state index contributed by atoms with van der Waals surface area (Å²) < 4.78 is 13.1. The van der Waals surface area contributed by atoms with Gasteiger partial charge in [-0.05, 0) is 74.6 Å². The first-order chi connectivity index (χ1) is 13.8. The molecule has 1 aromatic carbocycles. The van der Waals surface area contributed by atoms with E-state index in [-0.39, 0.29) is 23.2 Å². The molecule has 4 aliphatic rings. The molecule has 4 atom stereocenters. The van der Waals surface area contributed by atoms with Gasteiger partial charge in [-0.25, -0.2) is 9.37 Å². The van der Waals surface area contributed by atoms with Gasteiger partial charge < -0.3 is 10.6 Å². The summed E-state index contributed by atoms with van der Waals surface area (Å²) in [5.41, 5.74) is 0.900. The Labute approximate surface area is 173 Å². The monoisotopic (exact) mass is 413 g/mol. The van der Waals surface area contributed by atoms with Crippen LogP contribution in [0.2, 0.25) is 0 Å². The highest BCUT2D eigenvalue weighted by Crippen LogP contribution is 2.62. The van der Waals surface area contributed by atoms with Crippen molar-refractivity contribution in [1.29, 1.82) is 0 Å². The van der Waals surface area contributed by atoms with Gasteiger partial charge in [0.15, 0.2) is 5.13 Å². The van der Waals surface area contributed by atoms with E-state index in [2.05, 4.69) is 15.6 Å². The van der Waals surface area contributed by atoms with Crippen molar-refractivity contribution in [3.05, 3.63) is 35.5 Å². The molecule has 5 nitrogen and oxygen atoms in total. The number of carbonyl (C=O) groups excluding carboxylic acids is 2. The summed E-state index contributed by atoms with van der Waals surface area (Å²) in [6.07, 6.45) is 5.66. The molecular formula is C22H24FN3O2S. The lowest BCUT2D eigenvalue weighted by Crippen LogP contribution is -2.65. The summed E-state index contributed by atoms with van der Waals surface area (Å²) in [6.45, 7) is 1.57. The Balaban J connectivity index is 1.36. The molecule has 0 radical (unpaired) electrons. The summed E-state index contributed by atoms with van der Waals surface area (Å²) >= 11 is 1.38. The number of benzene rings is 1. The third kappa shape index (κ3) is 3.35. The normalized spacial score (nSPS) is 32.2. The molecule has 2 amide bonds. The quantitative estimate of drug-likeness (QED) is 0.782. The first-order valence-electron chi connectivity index (χ1n) is 10.2. The van der Waals surface area contributed by atoms with Gasteiger partial charge >= 0.3 is 0 Å². The molecule has 4 saturated carbocycles. The molecule has 29 heavy (non-hydrogen) atoms. The number of hydrogen-bond donors (Lipinski definition) is 2. The molecule has 152 valence electrons. The Morgan fingerprint density at radius 1 is 1.14 bits per heavy atom. The van der Waals surface area contributed by atoms with E-state index in [4.69, 9.17) is 0 Å². The van der Waals surface area contributed by atoms with Crippen LogP contribution in [0.5, 0.6) is 0 Å². The van der Waals surface area contributed by atoms with E-state index < -0.39 is 5.41 Å². The second-order valence-electron chi connectivity index (χ2n) is 9.20. The van der Waals surface area contributed by atoms with Crippen molar-refractivity contribution in [3.8, 4) is 11.3 Å². The molecule has 0 aliphatic heterocycles. The average Bonchev–Trinajstić information content (AvgIpc) is 3.08. The minimum atomic E-state index is -0.422. The van der Waals surface area contributed by atoms with Gasteiger partial charge in [-0.1, -0.05) is 0 Å². The third-order valence-electron chi connectivity index (χ3n) is 6.85. The number of rotatable bonds is 4. The zero-order valence-electron chi connectivity index (χ0n) is 16.3. The molecule has 1 heterocycles. The van der Waals surface area contributed by atoms with Crippen molar-refractivity contribution in [2.24, 2.45) is 17.3 Å². The van der Waals surface area contributed by atoms with E-state index in [1.807, 2.05) is 5.38 Å². The maximum atomic E-state index is 13.4. The van der Waals surface area contributed by atoms with Crippen molar-refractivity contribution in [1.82, 2.24) is 10.3 Å². The van der Waals surface area contributed by atoms with Crippen LogP contribution in [0.15, 0.2) is 29.6 Å². The molecule has 6 rings (SSSR count). The number of hydrogen-bond acceptors (Lipinski definition) is 4. The van der Waals surface area contributed by atoms with Gasteiger partial charge in [-0.15, -0.1) is 11.3 Å². The zero-order chi connectivity index (χ0) is 20.2. The van der Waals surface area contributed by atoms with Crippen LogP contribution in [-0.2, 0) is 9.59 Å². The lowest BCUT2D eigenvalue weighted by Gasteiger charge is -2.61. The molecule has 2 N–H and O–H groups in total. The predicted molar refractivity (Wildman–Crippen MR) is 110 cm³/mol. The first kappa shape index (κ1) is 18.7. The molecule has 4 bridgehead atoms. The molecule has 4 aliphatic carbocycles. The lowest BCUT2D eigenvalue weighted by molar-refractivity contribution is -0.148. The van der Waals surface area contributed by atoms with Gasteiger partial charge in [-0.2, -0.15) is 0 Å². The van der Waals surface area contributed by atoms with Crippen LogP contribution in [0.1, 0.15) is 45.4 Å². The minimum absolute atomic E-state index is 0.00799. The smallest absolute Gasteiger partial charge is 0.232 e. The highest BCUT2D eigenvalue weighted by molar-refractivity contribution is 7.14. The number of amides is 2. The van der Waals surface area contributed by atoms with E-state index in [9.17, 15) is 14.0 Å². The van der Waals surface area contributed by atoms with E-state index >= 15 is 0 Å². The molecule has 1 aromatic heterocycles. The summed E-state index contributed by atoms with van der Waals surface area (Å²) in [5, 5.41) is 8.70. The third-order valence-corrected chi connectivity index (χ3v) is 7.61. The fourth-order valence-corrected chi connectivity index (χ4v) is 7.08. The molecule has 2 aromatic rings. The highest BCUT2D eigenvalue weighted by atomic mass is 32.1. The van der Waals surface area contributed by atoms with Crippen LogP contribution in [0.3, 0.4) is 0 Å². The Morgan fingerprint density at radius 3 is 2.48 bits per heavy atom. The highest BCUT2D eigenvalue weighted by Gasteiger charge is 2.60. The van der Waals surface area contributed by atoms with Crippen LogP contribution < -0.4 is 10.6 Å². The number of carbonyl (C=O) groups is 2. The number of nitrogens with one attached hydrogen (secondary N) is 2. The van der Waals surface area contributed by atoms with Crippen molar-refractivity contribution in [2.45, 2.75) is 51.0 Å². The second kappa shape index (κ2) is 6.62. The standard InChI is InChI=1S/C22H24FN3O2S/c1-13(27)26-22-9-14-6-15(10-22)8-21(7-14,12-22)19(28)25-20-24-18(11-29-20)16-2-4-17(23)5-3-16/h2-5,11,14-15H,6-10,12H2,1H3,(H,26,27)(H,24,25,28)/t14-,15+,21?,22?. The van der Waals surface area contributed by atoms with Crippen molar-refractivity contribution < 1.29 is 14.0 Å². The van der Waals surface area contributed by atoms with Gasteiger partial charge in [0.2, 0.25) is 11.8 Å². The van der Waals surface area contributed by atoms with E-state index in [0.717, 1.165) is 36.9 Å². The van der Waals surface area contributed by atoms with Crippen LogP contribution in [0, 0.1) is 23.1 Å². The topological polar surface area (TPSA) is 71.1 Å². The summed E-state index contributed by atoms with van der Waals surface area (Å²) in [7, 11) is 0. The van der Waals surface area contributed by atoms with Gasteiger partial charge in [-0.3, -0.25) is 9.59 Å². The zero-order valence-corrected chi connectivity index (χ0v) is 17.2. The second-order valence-corrected chi connectivity index (χ2v) is 10.1. The summed E-state index contributed by atoms with van der Waals surface area (Å²) in [5.74, 6) is 0.736.